The Morgan fingerprint density at radius 2 is 2.05 bits per heavy atom. The number of para-hydroxylation sites is 1. The van der Waals surface area contributed by atoms with Crippen molar-refractivity contribution in [2.45, 2.75) is 52.5 Å². The minimum Gasteiger partial charge on any atom is -0.382 e. The number of unbranched alkanes of at least 4 members (excludes halogenated alkanes) is 2. The lowest BCUT2D eigenvalue weighted by molar-refractivity contribution is 0.0938. The Kier molecular flexibility index (Phi) is 7.05. The molecule has 0 saturated heterocycles. The molecule has 1 aromatic rings. The summed E-state index contributed by atoms with van der Waals surface area (Å²) in [7, 11) is 0. The van der Waals surface area contributed by atoms with Gasteiger partial charge in [-0.3, -0.25) is 4.79 Å². The summed E-state index contributed by atoms with van der Waals surface area (Å²) < 4.78 is 13.7. The van der Waals surface area contributed by atoms with Gasteiger partial charge >= 0.3 is 0 Å². The molecule has 1 amide bonds. The highest BCUT2D eigenvalue weighted by molar-refractivity contribution is 5.99. The second-order valence-electron chi connectivity index (χ2n) is 5.06. The molecule has 0 fully saturated rings. The van der Waals surface area contributed by atoms with Crippen LogP contribution in [0.25, 0.3) is 0 Å². The zero-order valence-corrected chi connectivity index (χ0v) is 12.6. The molecule has 0 spiro atoms. The summed E-state index contributed by atoms with van der Waals surface area (Å²) in [4.78, 5) is 12.2. The first-order valence-corrected chi connectivity index (χ1v) is 7.43. The lowest BCUT2D eigenvalue weighted by Crippen LogP contribution is -2.33. The number of halogens is 1. The largest absolute Gasteiger partial charge is 0.382 e. The van der Waals surface area contributed by atoms with Crippen molar-refractivity contribution >= 4 is 11.6 Å². The molecular formula is C16H25FN2O. The van der Waals surface area contributed by atoms with E-state index < -0.39 is 5.82 Å². The summed E-state index contributed by atoms with van der Waals surface area (Å²) in [5, 5.41) is 5.85. The second-order valence-corrected chi connectivity index (χ2v) is 5.06. The SMILES string of the molecule is CCCCCC(C)NC(=O)c1cccc(F)c1NCC. The van der Waals surface area contributed by atoms with Crippen LogP contribution in [-0.2, 0) is 0 Å². The van der Waals surface area contributed by atoms with Crippen LogP contribution in [0.3, 0.4) is 0 Å². The zero-order chi connectivity index (χ0) is 15.0. The first-order valence-electron chi connectivity index (χ1n) is 7.43. The summed E-state index contributed by atoms with van der Waals surface area (Å²) in [6.07, 6.45) is 4.38. The van der Waals surface area contributed by atoms with Gasteiger partial charge in [0.25, 0.3) is 5.91 Å². The number of anilines is 1. The number of nitrogens with one attached hydrogen (secondary N) is 2. The van der Waals surface area contributed by atoms with E-state index in [-0.39, 0.29) is 17.6 Å². The first-order chi connectivity index (χ1) is 9.60. The van der Waals surface area contributed by atoms with Gasteiger partial charge in [0, 0.05) is 12.6 Å². The van der Waals surface area contributed by atoms with E-state index in [0.29, 0.717) is 12.1 Å². The van der Waals surface area contributed by atoms with Crippen LogP contribution in [0.15, 0.2) is 18.2 Å². The van der Waals surface area contributed by atoms with E-state index in [1.165, 1.54) is 12.5 Å². The van der Waals surface area contributed by atoms with Gasteiger partial charge in [-0.1, -0.05) is 32.3 Å². The molecule has 0 aromatic heterocycles. The lowest BCUT2D eigenvalue weighted by Gasteiger charge is -2.16. The maximum Gasteiger partial charge on any atom is 0.253 e. The van der Waals surface area contributed by atoms with Crippen molar-refractivity contribution in [2.75, 3.05) is 11.9 Å². The molecule has 1 atom stereocenters. The molecule has 4 heteroatoms. The third-order valence-electron chi connectivity index (χ3n) is 3.23. The smallest absolute Gasteiger partial charge is 0.253 e. The summed E-state index contributed by atoms with van der Waals surface area (Å²) in [5.74, 6) is -0.609. The molecule has 20 heavy (non-hydrogen) atoms. The van der Waals surface area contributed by atoms with Crippen LogP contribution >= 0.6 is 0 Å². The van der Waals surface area contributed by atoms with E-state index in [9.17, 15) is 9.18 Å². The molecule has 112 valence electrons. The van der Waals surface area contributed by atoms with Crippen LogP contribution in [0.1, 0.15) is 56.8 Å². The van der Waals surface area contributed by atoms with Crippen LogP contribution < -0.4 is 10.6 Å². The standard InChI is InChI=1S/C16H25FN2O/c1-4-6-7-9-12(3)19-16(20)13-10-8-11-14(17)15(13)18-5-2/h8,10-12,18H,4-7,9H2,1-3H3,(H,19,20). The first kappa shape index (κ1) is 16.5. The van der Waals surface area contributed by atoms with Crippen molar-refractivity contribution in [3.8, 4) is 0 Å². The molecule has 2 N–H and O–H groups in total. The summed E-state index contributed by atoms with van der Waals surface area (Å²) >= 11 is 0. The molecule has 1 rings (SSSR count). The van der Waals surface area contributed by atoms with E-state index in [0.717, 1.165) is 19.3 Å². The van der Waals surface area contributed by atoms with Gasteiger partial charge in [0.1, 0.15) is 5.82 Å². The maximum atomic E-state index is 13.7. The summed E-state index contributed by atoms with van der Waals surface area (Å²) in [6, 6.07) is 4.67. The fourth-order valence-corrected chi connectivity index (χ4v) is 2.14. The van der Waals surface area contributed by atoms with Crippen molar-refractivity contribution in [2.24, 2.45) is 0 Å². The highest BCUT2D eigenvalue weighted by atomic mass is 19.1. The molecule has 3 nitrogen and oxygen atoms in total. The van der Waals surface area contributed by atoms with E-state index in [4.69, 9.17) is 0 Å². The lowest BCUT2D eigenvalue weighted by atomic mass is 10.1. The van der Waals surface area contributed by atoms with Crippen molar-refractivity contribution < 1.29 is 9.18 Å². The Hall–Kier alpha value is -1.58. The minimum absolute atomic E-state index is 0.104. The number of rotatable bonds is 8. The van der Waals surface area contributed by atoms with Crippen LogP contribution in [0.4, 0.5) is 10.1 Å². The fourth-order valence-electron chi connectivity index (χ4n) is 2.14. The average molecular weight is 280 g/mol. The van der Waals surface area contributed by atoms with Crippen molar-refractivity contribution in [3.05, 3.63) is 29.6 Å². The van der Waals surface area contributed by atoms with Crippen molar-refractivity contribution in [1.29, 1.82) is 0 Å². The number of amides is 1. The van der Waals surface area contributed by atoms with Gasteiger partial charge in [0.2, 0.25) is 0 Å². The molecule has 0 aliphatic rings. The second kappa shape index (κ2) is 8.56. The topological polar surface area (TPSA) is 41.1 Å². The molecule has 0 bridgehead atoms. The van der Waals surface area contributed by atoms with Crippen LogP contribution in [0, 0.1) is 5.82 Å². The van der Waals surface area contributed by atoms with Crippen LogP contribution in [0.5, 0.6) is 0 Å². The van der Waals surface area contributed by atoms with E-state index in [2.05, 4.69) is 17.6 Å². The zero-order valence-electron chi connectivity index (χ0n) is 12.6. The average Bonchev–Trinajstić information content (AvgIpc) is 2.41. The molecule has 1 aromatic carbocycles. The van der Waals surface area contributed by atoms with Gasteiger partial charge in [0.05, 0.1) is 11.3 Å². The Morgan fingerprint density at radius 3 is 2.70 bits per heavy atom. The van der Waals surface area contributed by atoms with Gasteiger partial charge in [-0.05, 0) is 32.4 Å². The normalized spacial score (nSPS) is 12.0. The van der Waals surface area contributed by atoms with Crippen LogP contribution in [0.2, 0.25) is 0 Å². The Labute approximate surface area is 121 Å². The van der Waals surface area contributed by atoms with Gasteiger partial charge in [0.15, 0.2) is 0 Å². The number of benzene rings is 1. The van der Waals surface area contributed by atoms with E-state index in [1.54, 1.807) is 12.1 Å². The number of carbonyl (C=O) groups is 1. The highest BCUT2D eigenvalue weighted by Crippen LogP contribution is 2.20. The van der Waals surface area contributed by atoms with Crippen molar-refractivity contribution in [3.63, 3.8) is 0 Å². The molecule has 0 aliphatic carbocycles. The number of carbonyl (C=O) groups excluding carboxylic acids is 1. The van der Waals surface area contributed by atoms with E-state index >= 15 is 0 Å². The van der Waals surface area contributed by atoms with Gasteiger partial charge in [-0.25, -0.2) is 4.39 Å². The summed E-state index contributed by atoms with van der Waals surface area (Å²) in [6.45, 7) is 6.59. The monoisotopic (exact) mass is 280 g/mol. The molecular weight excluding hydrogens is 255 g/mol. The maximum absolute atomic E-state index is 13.7. The predicted octanol–water partition coefficient (Wildman–Crippen LogP) is 3.96. The predicted molar refractivity (Wildman–Crippen MR) is 81.6 cm³/mol. The molecule has 0 heterocycles. The van der Waals surface area contributed by atoms with Gasteiger partial charge < -0.3 is 10.6 Å². The van der Waals surface area contributed by atoms with Gasteiger partial charge in [-0.2, -0.15) is 0 Å². The Morgan fingerprint density at radius 1 is 1.30 bits per heavy atom. The number of hydrogen-bond donors (Lipinski definition) is 2. The molecule has 1 unspecified atom stereocenters. The molecule has 0 radical (unpaired) electrons. The number of hydrogen-bond acceptors (Lipinski definition) is 2. The molecule has 0 aliphatic heterocycles. The summed E-state index contributed by atoms with van der Waals surface area (Å²) in [5.41, 5.74) is 0.655. The van der Waals surface area contributed by atoms with Crippen LogP contribution in [-0.4, -0.2) is 18.5 Å². The quantitative estimate of drug-likeness (QED) is 0.708. The Balaban J connectivity index is 2.69. The Bertz CT molecular complexity index is 434. The highest BCUT2D eigenvalue weighted by Gasteiger charge is 2.16. The minimum atomic E-state index is -0.391. The van der Waals surface area contributed by atoms with E-state index in [1.807, 2.05) is 13.8 Å². The fraction of sp³-hybridized carbons (Fsp3) is 0.562. The third-order valence-corrected chi connectivity index (χ3v) is 3.23. The van der Waals surface area contributed by atoms with Gasteiger partial charge in [-0.15, -0.1) is 0 Å². The molecule has 0 saturated carbocycles. The van der Waals surface area contributed by atoms with Crippen molar-refractivity contribution in [1.82, 2.24) is 5.32 Å². The third kappa shape index (κ3) is 4.83.